The number of rotatable bonds is 10. The summed E-state index contributed by atoms with van der Waals surface area (Å²) in [4.78, 5) is 24.0. The Kier molecular flexibility index (Phi) is 7.28. The molecule has 0 spiro atoms. The van der Waals surface area contributed by atoms with Crippen LogP contribution in [0.25, 0.3) is 0 Å². The van der Waals surface area contributed by atoms with Gasteiger partial charge in [-0.05, 0) is 12.8 Å². The predicted molar refractivity (Wildman–Crippen MR) is 96.4 cm³/mol. The van der Waals surface area contributed by atoms with Gasteiger partial charge in [0.15, 0.2) is 12.0 Å². The molecule has 1 saturated heterocycles. The summed E-state index contributed by atoms with van der Waals surface area (Å²) in [6, 6.07) is 2.67. The topological polar surface area (TPSA) is 108 Å². The van der Waals surface area contributed by atoms with E-state index in [9.17, 15) is 20.2 Å². The van der Waals surface area contributed by atoms with E-state index in [1.165, 1.54) is 12.1 Å². The minimum absolute atomic E-state index is 0.0728. The Balaban J connectivity index is 2.55. The van der Waals surface area contributed by atoms with Crippen molar-refractivity contribution in [3.05, 3.63) is 37.9 Å². The highest BCUT2D eigenvalue weighted by atomic mass is 16.7. The third kappa shape index (κ3) is 4.67. The molecule has 0 bridgehead atoms. The van der Waals surface area contributed by atoms with Crippen molar-refractivity contribution in [1.82, 2.24) is 0 Å². The van der Waals surface area contributed by atoms with Crippen LogP contribution in [0.4, 0.5) is 17.1 Å². The van der Waals surface area contributed by atoms with Gasteiger partial charge in [0.1, 0.15) is 0 Å². The van der Waals surface area contributed by atoms with Crippen LogP contribution in [0.2, 0.25) is 0 Å². The number of anilines is 1. The molecule has 0 saturated carbocycles. The van der Waals surface area contributed by atoms with Crippen LogP contribution >= 0.6 is 0 Å². The van der Waals surface area contributed by atoms with E-state index in [-0.39, 0.29) is 17.1 Å². The lowest BCUT2D eigenvalue weighted by molar-refractivity contribution is -0.392. The van der Waals surface area contributed by atoms with Gasteiger partial charge in [-0.3, -0.25) is 20.2 Å². The highest BCUT2D eigenvalue weighted by molar-refractivity contribution is 5.76. The van der Waals surface area contributed by atoms with E-state index in [1.54, 1.807) is 4.90 Å². The van der Waals surface area contributed by atoms with Gasteiger partial charge in [0.2, 0.25) is 0 Å². The van der Waals surface area contributed by atoms with Crippen LogP contribution in [-0.2, 0) is 9.47 Å². The molecule has 1 aromatic carbocycles. The summed E-state index contributed by atoms with van der Waals surface area (Å²) < 4.78 is 10.7. The third-order valence-electron chi connectivity index (χ3n) is 4.26. The molecular formula is C17H25N3O6. The highest BCUT2D eigenvalue weighted by Crippen LogP contribution is 2.41. The second-order valence-corrected chi connectivity index (χ2v) is 6.19. The molecule has 0 aromatic heterocycles. The van der Waals surface area contributed by atoms with Crippen LogP contribution in [0.5, 0.6) is 0 Å². The maximum Gasteiger partial charge on any atom is 0.300 e. The largest absolute Gasteiger partial charge is 0.360 e. The molecule has 0 N–H and O–H groups in total. The first-order chi connectivity index (χ1) is 12.5. The molecule has 0 unspecified atom stereocenters. The SMILES string of the molecule is CCCCN(CCCC)c1c([N+](=O)[O-])cc(C2OCCO2)cc1[N+](=O)[O-]. The summed E-state index contributed by atoms with van der Waals surface area (Å²) in [6.45, 7) is 5.81. The van der Waals surface area contributed by atoms with E-state index in [0.29, 0.717) is 31.9 Å². The zero-order chi connectivity index (χ0) is 19.1. The molecule has 0 atom stereocenters. The number of nitrogens with zero attached hydrogens (tertiary/aromatic N) is 3. The molecule has 26 heavy (non-hydrogen) atoms. The monoisotopic (exact) mass is 367 g/mol. The van der Waals surface area contributed by atoms with Crippen molar-refractivity contribution >= 4 is 17.1 Å². The summed E-state index contributed by atoms with van der Waals surface area (Å²) >= 11 is 0. The van der Waals surface area contributed by atoms with Gasteiger partial charge in [-0.1, -0.05) is 26.7 Å². The van der Waals surface area contributed by atoms with Crippen LogP contribution in [0.1, 0.15) is 51.4 Å². The number of ether oxygens (including phenoxy) is 2. The zero-order valence-corrected chi connectivity index (χ0v) is 15.2. The van der Waals surface area contributed by atoms with E-state index >= 15 is 0 Å². The number of hydrogen-bond donors (Lipinski definition) is 0. The third-order valence-corrected chi connectivity index (χ3v) is 4.26. The first-order valence-corrected chi connectivity index (χ1v) is 8.94. The van der Waals surface area contributed by atoms with E-state index in [1.807, 2.05) is 13.8 Å². The second-order valence-electron chi connectivity index (χ2n) is 6.19. The maximum atomic E-state index is 11.7. The fraction of sp³-hybridized carbons (Fsp3) is 0.647. The first-order valence-electron chi connectivity index (χ1n) is 8.94. The molecule has 1 fully saturated rings. The van der Waals surface area contributed by atoms with Crippen molar-refractivity contribution in [1.29, 1.82) is 0 Å². The van der Waals surface area contributed by atoms with E-state index in [0.717, 1.165) is 25.7 Å². The predicted octanol–water partition coefficient (Wildman–Crippen LogP) is 3.96. The minimum Gasteiger partial charge on any atom is -0.360 e. The number of unbranched alkanes of at least 4 members (excludes halogenated alkanes) is 2. The first kappa shape index (κ1) is 20.1. The van der Waals surface area contributed by atoms with Crippen LogP contribution in [0, 0.1) is 20.2 Å². The Hall–Kier alpha value is -2.26. The Bertz CT molecular complexity index is 602. The Morgan fingerprint density at radius 3 is 1.85 bits per heavy atom. The normalized spacial score (nSPS) is 14.5. The number of benzene rings is 1. The molecular weight excluding hydrogens is 342 g/mol. The van der Waals surface area contributed by atoms with Gasteiger partial charge in [-0.15, -0.1) is 0 Å². The summed E-state index contributed by atoms with van der Waals surface area (Å²) in [6.07, 6.45) is 2.59. The van der Waals surface area contributed by atoms with E-state index < -0.39 is 16.1 Å². The standard InChI is InChI=1S/C17H25N3O6/c1-3-5-7-18(8-6-4-2)16-14(19(21)22)11-13(12-15(16)20(23)24)17-25-9-10-26-17/h11-12,17H,3-10H2,1-2H3. The van der Waals surface area contributed by atoms with Gasteiger partial charge < -0.3 is 14.4 Å². The summed E-state index contributed by atoms with van der Waals surface area (Å²) in [5, 5.41) is 23.4. The molecule has 9 nitrogen and oxygen atoms in total. The van der Waals surface area contributed by atoms with Gasteiger partial charge >= 0.3 is 0 Å². The van der Waals surface area contributed by atoms with Crippen molar-refractivity contribution in [2.45, 2.75) is 45.8 Å². The zero-order valence-electron chi connectivity index (χ0n) is 15.2. The summed E-state index contributed by atoms with van der Waals surface area (Å²) in [5.74, 6) is 0. The molecule has 0 radical (unpaired) electrons. The fourth-order valence-electron chi connectivity index (χ4n) is 2.95. The van der Waals surface area contributed by atoms with Crippen LogP contribution < -0.4 is 4.90 Å². The van der Waals surface area contributed by atoms with Crippen molar-refractivity contribution in [3.8, 4) is 0 Å². The summed E-state index contributed by atoms with van der Waals surface area (Å²) in [7, 11) is 0. The van der Waals surface area contributed by atoms with Crippen molar-refractivity contribution < 1.29 is 19.3 Å². The smallest absolute Gasteiger partial charge is 0.300 e. The average molecular weight is 367 g/mol. The number of nitro benzene ring substituents is 2. The average Bonchev–Trinajstić information content (AvgIpc) is 3.15. The van der Waals surface area contributed by atoms with E-state index in [2.05, 4.69) is 0 Å². The number of nitro groups is 2. The van der Waals surface area contributed by atoms with Crippen molar-refractivity contribution in [2.75, 3.05) is 31.2 Å². The molecule has 1 aliphatic rings. The maximum absolute atomic E-state index is 11.7. The quantitative estimate of drug-likeness (QED) is 0.455. The van der Waals surface area contributed by atoms with Gasteiger partial charge in [0.25, 0.3) is 11.4 Å². The minimum atomic E-state index is -0.804. The van der Waals surface area contributed by atoms with Crippen LogP contribution in [-0.4, -0.2) is 36.1 Å². The molecule has 144 valence electrons. The summed E-state index contributed by atoms with van der Waals surface area (Å²) in [5.41, 5.74) is -0.180. The Morgan fingerprint density at radius 2 is 1.46 bits per heavy atom. The lowest BCUT2D eigenvalue weighted by Gasteiger charge is -2.24. The molecule has 9 heteroatoms. The van der Waals surface area contributed by atoms with E-state index in [4.69, 9.17) is 9.47 Å². The Labute approximate surface area is 152 Å². The second kappa shape index (κ2) is 9.44. The van der Waals surface area contributed by atoms with Gasteiger partial charge in [0, 0.05) is 30.8 Å². The van der Waals surface area contributed by atoms with Gasteiger partial charge in [-0.2, -0.15) is 0 Å². The van der Waals surface area contributed by atoms with Crippen molar-refractivity contribution in [2.24, 2.45) is 0 Å². The molecule has 1 aromatic rings. The van der Waals surface area contributed by atoms with Crippen LogP contribution in [0.3, 0.4) is 0 Å². The lowest BCUT2D eigenvalue weighted by atomic mass is 10.1. The highest BCUT2D eigenvalue weighted by Gasteiger charge is 2.33. The fourth-order valence-corrected chi connectivity index (χ4v) is 2.95. The Morgan fingerprint density at radius 1 is 1.00 bits per heavy atom. The van der Waals surface area contributed by atoms with Gasteiger partial charge in [-0.25, -0.2) is 0 Å². The lowest BCUT2D eigenvalue weighted by Crippen LogP contribution is -2.27. The molecule has 0 aliphatic carbocycles. The molecule has 2 rings (SSSR count). The molecule has 1 aliphatic heterocycles. The molecule has 1 heterocycles. The van der Waals surface area contributed by atoms with Crippen LogP contribution in [0.15, 0.2) is 12.1 Å². The van der Waals surface area contributed by atoms with Crippen molar-refractivity contribution in [3.63, 3.8) is 0 Å². The number of hydrogen-bond acceptors (Lipinski definition) is 7. The molecule has 0 amide bonds. The van der Waals surface area contributed by atoms with Gasteiger partial charge in [0.05, 0.1) is 23.1 Å².